The SMILES string of the molecule is Ic1ncn([C@H]2C[C@@H](OCc3ccccc3)[C@@H](COCc3ccccc3)O2)c1I. The minimum absolute atomic E-state index is 0.0353. The molecule has 4 rings (SSSR count). The van der Waals surface area contributed by atoms with Crippen LogP contribution in [0.2, 0.25) is 0 Å². The van der Waals surface area contributed by atoms with Crippen molar-refractivity contribution in [3.63, 3.8) is 0 Å². The summed E-state index contributed by atoms with van der Waals surface area (Å²) >= 11 is 4.56. The van der Waals surface area contributed by atoms with E-state index in [0.29, 0.717) is 19.8 Å². The van der Waals surface area contributed by atoms with E-state index in [2.05, 4.69) is 79.0 Å². The number of aromatic nitrogens is 2. The molecule has 7 heteroatoms. The minimum atomic E-state index is -0.122. The predicted molar refractivity (Wildman–Crippen MR) is 127 cm³/mol. The molecule has 152 valence electrons. The van der Waals surface area contributed by atoms with E-state index in [9.17, 15) is 0 Å². The number of hydrogen-bond acceptors (Lipinski definition) is 4. The van der Waals surface area contributed by atoms with Crippen LogP contribution in [0.4, 0.5) is 0 Å². The summed E-state index contributed by atoms with van der Waals surface area (Å²) < 4.78 is 22.7. The maximum Gasteiger partial charge on any atom is 0.138 e. The van der Waals surface area contributed by atoms with Crippen LogP contribution in [-0.4, -0.2) is 28.4 Å². The van der Waals surface area contributed by atoms with Crippen LogP contribution >= 0.6 is 45.2 Å². The van der Waals surface area contributed by atoms with Crippen LogP contribution in [0.15, 0.2) is 67.0 Å². The third-order valence-corrected chi connectivity index (χ3v) is 7.77. The fraction of sp³-hybridized carbons (Fsp3) is 0.318. The molecule has 0 amide bonds. The van der Waals surface area contributed by atoms with Crippen molar-refractivity contribution in [2.75, 3.05) is 6.61 Å². The molecule has 0 N–H and O–H groups in total. The highest BCUT2D eigenvalue weighted by Crippen LogP contribution is 2.33. The summed E-state index contributed by atoms with van der Waals surface area (Å²) in [6.45, 7) is 1.62. The first-order valence-corrected chi connectivity index (χ1v) is 11.7. The molecule has 3 atom stereocenters. The summed E-state index contributed by atoms with van der Waals surface area (Å²) in [5.41, 5.74) is 2.31. The van der Waals surface area contributed by atoms with Crippen LogP contribution in [0.25, 0.3) is 0 Å². The molecule has 0 saturated carbocycles. The Bertz CT molecular complexity index is 905. The third kappa shape index (κ3) is 5.57. The number of imidazole rings is 1. The molecule has 0 bridgehead atoms. The van der Waals surface area contributed by atoms with Crippen molar-refractivity contribution in [1.29, 1.82) is 0 Å². The van der Waals surface area contributed by atoms with Gasteiger partial charge in [-0.05, 0) is 56.3 Å². The van der Waals surface area contributed by atoms with Gasteiger partial charge in [0.25, 0.3) is 0 Å². The Hall–Kier alpha value is -1.01. The molecule has 0 radical (unpaired) electrons. The lowest BCUT2D eigenvalue weighted by Gasteiger charge is -2.19. The maximum atomic E-state index is 6.35. The van der Waals surface area contributed by atoms with Gasteiger partial charge in [-0.1, -0.05) is 60.7 Å². The highest BCUT2D eigenvalue weighted by atomic mass is 127. The second kappa shape index (κ2) is 10.3. The maximum absolute atomic E-state index is 6.35. The summed E-state index contributed by atoms with van der Waals surface area (Å²) in [4.78, 5) is 4.40. The van der Waals surface area contributed by atoms with Gasteiger partial charge < -0.3 is 14.2 Å². The van der Waals surface area contributed by atoms with Gasteiger partial charge in [0.2, 0.25) is 0 Å². The van der Waals surface area contributed by atoms with Crippen LogP contribution in [0.3, 0.4) is 0 Å². The van der Waals surface area contributed by atoms with Gasteiger partial charge in [0.1, 0.15) is 19.7 Å². The molecule has 1 fully saturated rings. The first kappa shape index (κ1) is 21.2. The standard InChI is InChI=1S/C22H22I2N2O3/c23-21-22(24)26(15-25-21)20-11-18(28-13-17-9-5-2-6-10-17)19(29-20)14-27-12-16-7-3-1-4-8-16/h1-10,15,18-20H,11-14H2/t18-,19-,20-/m1/s1. The van der Waals surface area contributed by atoms with Crippen LogP contribution in [0.5, 0.6) is 0 Å². The Balaban J connectivity index is 1.40. The summed E-state index contributed by atoms with van der Waals surface area (Å²) in [5, 5.41) is 0. The van der Waals surface area contributed by atoms with E-state index >= 15 is 0 Å². The van der Waals surface area contributed by atoms with Crippen LogP contribution in [0.1, 0.15) is 23.8 Å². The van der Waals surface area contributed by atoms with Crippen LogP contribution < -0.4 is 0 Å². The summed E-state index contributed by atoms with van der Waals surface area (Å²) in [6, 6.07) is 20.4. The van der Waals surface area contributed by atoms with Gasteiger partial charge >= 0.3 is 0 Å². The second-order valence-corrected chi connectivity index (χ2v) is 8.98. The van der Waals surface area contributed by atoms with Crippen molar-refractivity contribution in [2.45, 2.75) is 38.1 Å². The fourth-order valence-electron chi connectivity index (χ4n) is 3.37. The van der Waals surface area contributed by atoms with Crippen molar-refractivity contribution in [3.8, 4) is 0 Å². The largest absolute Gasteiger partial charge is 0.374 e. The third-order valence-electron chi connectivity index (χ3n) is 4.88. The van der Waals surface area contributed by atoms with Crippen molar-refractivity contribution in [1.82, 2.24) is 9.55 Å². The molecule has 29 heavy (non-hydrogen) atoms. The molecule has 5 nitrogen and oxygen atoms in total. The first-order chi connectivity index (χ1) is 14.2. The fourth-order valence-corrected chi connectivity index (χ4v) is 4.34. The van der Waals surface area contributed by atoms with Crippen molar-refractivity contribution < 1.29 is 14.2 Å². The molecule has 2 aromatic carbocycles. The minimum Gasteiger partial charge on any atom is -0.374 e. The summed E-state index contributed by atoms with van der Waals surface area (Å²) in [5.74, 6) is 0. The van der Waals surface area contributed by atoms with E-state index < -0.39 is 0 Å². The van der Waals surface area contributed by atoms with E-state index in [1.807, 2.05) is 42.7 Å². The number of ether oxygens (including phenoxy) is 3. The van der Waals surface area contributed by atoms with Crippen molar-refractivity contribution in [2.24, 2.45) is 0 Å². The summed E-state index contributed by atoms with van der Waals surface area (Å²) in [7, 11) is 0. The number of benzene rings is 2. The lowest BCUT2D eigenvalue weighted by Crippen LogP contribution is -2.29. The van der Waals surface area contributed by atoms with Gasteiger partial charge in [-0.3, -0.25) is 4.57 Å². The normalized spacial score (nSPS) is 21.5. The topological polar surface area (TPSA) is 45.5 Å². The molecule has 2 heterocycles. The molecular formula is C22H22I2N2O3. The Morgan fingerprint density at radius 3 is 2.24 bits per heavy atom. The Morgan fingerprint density at radius 1 is 0.966 bits per heavy atom. The number of halogens is 2. The zero-order chi connectivity index (χ0) is 20.1. The molecule has 1 aliphatic heterocycles. The van der Waals surface area contributed by atoms with E-state index in [1.54, 1.807) is 0 Å². The molecule has 0 unspecified atom stereocenters. The molecule has 3 aromatic rings. The molecule has 0 spiro atoms. The lowest BCUT2D eigenvalue weighted by atomic mass is 10.1. The monoisotopic (exact) mass is 616 g/mol. The molecule has 1 aromatic heterocycles. The number of rotatable bonds is 8. The van der Waals surface area contributed by atoms with Crippen LogP contribution in [0, 0.1) is 7.40 Å². The van der Waals surface area contributed by atoms with Crippen molar-refractivity contribution >= 4 is 45.2 Å². The molecule has 1 saturated heterocycles. The summed E-state index contributed by atoms with van der Waals surface area (Å²) in [6.07, 6.45) is 2.36. The molecular weight excluding hydrogens is 594 g/mol. The quantitative estimate of drug-likeness (QED) is 0.328. The Labute approximate surface area is 198 Å². The van der Waals surface area contributed by atoms with E-state index in [4.69, 9.17) is 14.2 Å². The van der Waals surface area contributed by atoms with Crippen LogP contribution in [-0.2, 0) is 27.4 Å². The Morgan fingerprint density at radius 2 is 1.62 bits per heavy atom. The van der Waals surface area contributed by atoms with Gasteiger partial charge in [0, 0.05) is 6.42 Å². The van der Waals surface area contributed by atoms with Gasteiger partial charge in [-0.15, -0.1) is 0 Å². The average molecular weight is 616 g/mol. The molecule has 1 aliphatic rings. The zero-order valence-corrected chi connectivity index (χ0v) is 20.1. The van der Waals surface area contributed by atoms with E-state index in [1.165, 1.54) is 0 Å². The predicted octanol–water partition coefficient (Wildman–Crippen LogP) is 5.18. The lowest BCUT2D eigenvalue weighted by molar-refractivity contribution is -0.0828. The smallest absolute Gasteiger partial charge is 0.138 e. The van der Waals surface area contributed by atoms with Gasteiger partial charge in [0.05, 0.1) is 32.3 Å². The van der Waals surface area contributed by atoms with Gasteiger partial charge in [0.15, 0.2) is 0 Å². The van der Waals surface area contributed by atoms with Crippen molar-refractivity contribution in [3.05, 3.63) is 85.5 Å². The molecule has 0 aliphatic carbocycles. The second-order valence-electron chi connectivity index (χ2n) is 6.93. The first-order valence-electron chi connectivity index (χ1n) is 9.51. The van der Waals surface area contributed by atoms with Gasteiger partial charge in [-0.2, -0.15) is 0 Å². The van der Waals surface area contributed by atoms with Gasteiger partial charge in [-0.25, -0.2) is 4.98 Å². The number of nitrogens with zero attached hydrogens (tertiary/aromatic N) is 2. The van der Waals surface area contributed by atoms with E-state index in [-0.39, 0.29) is 18.4 Å². The Kier molecular flexibility index (Phi) is 7.57. The highest BCUT2D eigenvalue weighted by Gasteiger charge is 2.38. The zero-order valence-electron chi connectivity index (χ0n) is 15.8. The highest BCUT2D eigenvalue weighted by molar-refractivity contribution is 14.1. The van der Waals surface area contributed by atoms with E-state index in [0.717, 1.165) is 24.9 Å². The average Bonchev–Trinajstić information content (AvgIpc) is 3.31. The number of hydrogen-bond donors (Lipinski definition) is 0.